The normalized spacial score (nSPS) is 12.5. The van der Waals surface area contributed by atoms with Crippen LogP contribution in [0, 0.1) is 5.41 Å². The smallest absolute Gasteiger partial charge is 0.292 e. The van der Waals surface area contributed by atoms with Crippen molar-refractivity contribution in [2.24, 2.45) is 5.41 Å². The Labute approximate surface area is 148 Å². The van der Waals surface area contributed by atoms with E-state index in [1.807, 2.05) is 39.8 Å². The fourth-order valence-electron chi connectivity index (χ4n) is 2.52. The van der Waals surface area contributed by atoms with Gasteiger partial charge in [-0.3, -0.25) is 9.59 Å². The molecule has 1 unspecified atom stereocenters. The third-order valence-corrected chi connectivity index (χ3v) is 4.02. The monoisotopic (exact) mass is 343 g/mol. The van der Waals surface area contributed by atoms with Crippen LogP contribution in [0.25, 0.3) is 0 Å². The summed E-state index contributed by atoms with van der Waals surface area (Å²) in [6.07, 6.45) is 0.773. The van der Waals surface area contributed by atoms with Gasteiger partial charge in [0.05, 0.1) is 13.2 Å². The highest BCUT2D eigenvalue weighted by Gasteiger charge is 2.32. The van der Waals surface area contributed by atoms with Crippen molar-refractivity contribution in [1.29, 1.82) is 0 Å². The zero-order valence-electron chi connectivity index (χ0n) is 15.4. The average molecular weight is 343 g/mol. The molecule has 2 rings (SSSR count). The van der Waals surface area contributed by atoms with Gasteiger partial charge < -0.3 is 14.5 Å². The van der Waals surface area contributed by atoms with Gasteiger partial charge in [-0.05, 0) is 41.8 Å². The first kappa shape index (κ1) is 18.8. The van der Waals surface area contributed by atoms with E-state index in [9.17, 15) is 9.59 Å². The molecule has 134 valence electrons. The Balaban J connectivity index is 2.19. The van der Waals surface area contributed by atoms with E-state index in [0.29, 0.717) is 17.1 Å². The Morgan fingerprint density at radius 2 is 1.76 bits per heavy atom. The van der Waals surface area contributed by atoms with Crippen LogP contribution < -0.4 is 10.1 Å². The van der Waals surface area contributed by atoms with Crippen molar-refractivity contribution in [3.05, 3.63) is 53.5 Å². The Morgan fingerprint density at radius 3 is 2.24 bits per heavy atom. The summed E-state index contributed by atoms with van der Waals surface area (Å²) in [6, 6.07) is 9.81. The molecule has 2 aromatic rings. The van der Waals surface area contributed by atoms with E-state index in [-0.39, 0.29) is 5.41 Å². The Bertz CT molecular complexity index is 738. The van der Waals surface area contributed by atoms with Crippen LogP contribution in [0.3, 0.4) is 0 Å². The van der Waals surface area contributed by atoms with Crippen molar-refractivity contribution in [2.45, 2.75) is 40.2 Å². The number of ether oxygens (including phenoxy) is 1. The number of hydrogen-bond acceptors (Lipinski definition) is 4. The van der Waals surface area contributed by atoms with Gasteiger partial charge in [-0.1, -0.05) is 27.7 Å². The molecule has 0 spiro atoms. The highest BCUT2D eigenvalue weighted by Crippen LogP contribution is 2.34. The number of amides is 1. The average Bonchev–Trinajstić information content (AvgIpc) is 3.06. The van der Waals surface area contributed by atoms with Crippen LogP contribution in [0.2, 0.25) is 0 Å². The van der Waals surface area contributed by atoms with E-state index in [2.05, 4.69) is 5.32 Å². The number of carbonyl (C=O) groups is 2. The highest BCUT2D eigenvalue weighted by atomic mass is 16.5. The second-order valence-electron chi connectivity index (χ2n) is 6.99. The lowest BCUT2D eigenvalue weighted by atomic mass is 9.85. The molecule has 1 atom stereocenters. The second-order valence-corrected chi connectivity index (χ2v) is 6.99. The number of aryl methyl sites for hydroxylation is 1. The first-order valence-electron chi connectivity index (χ1n) is 8.34. The van der Waals surface area contributed by atoms with E-state index in [4.69, 9.17) is 9.15 Å². The molecule has 0 radical (unpaired) electrons. The van der Waals surface area contributed by atoms with Crippen LogP contribution in [0.15, 0.2) is 40.8 Å². The summed E-state index contributed by atoms with van der Waals surface area (Å²) < 4.78 is 10.9. The Morgan fingerprint density at radius 1 is 1.12 bits per heavy atom. The molecule has 0 saturated carbocycles. The first-order chi connectivity index (χ1) is 11.8. The Hall–Kier alpha value is -2.56. The lowest BCUT2D eigenvalue weighted by Crippen LogP contribution is -2.40. The molecular weight excluding hydrogens is 318 g/mol. The predicted molar refractivity (Wildman–Crippen MR) is 95.7 cm³/mol. The van der Waals surface area contributed by atoms with Crippen LogP contribution in [0.5, 0.6) is 5.75 Å². The van der Waals surface area contributed by atoms with E-state index in [1.165, 1.54) is 0 Å². The SMILES string of the molecule is CCc1ccc(C(NC(=O)C(=O)c2ccc(OC)cc2)C(C)(C)C)o1. The van der Waals surface area contributed by atoms with E-state index in [1.54, 1.807) is 31.4 Å². The zero-order chi connectivity index (χ0) is 18.6. The van der Waals surface area contributed by atoms with Crippen molar-refractivity contribution in [3.63, 3.8) is 0 Å². The maximum Gasteiger partial charge on any atom is 0.292 e. The number of Topliss-reactive ketones (excluding diaryl/α,β-unsaturated/α-hetero) is 1. The van der Waals surface area contributed by atoms with Crippen molar-refractivity contribution in [3.8, 4) is 5.75 Å². The molecule has 1 N–H and O–H groups in total. The van der Waals surface area contributed by atoms with E-state index < -0.39 is 17.7 Å². The minimum absolute atomic E-state index is 0.307. The number of furan rings is 1. The van der Waals surface area contributed by atoms with E-state index >= 15 is 0 Å². The number of carbonyl (C=O) groups excluding carboxylic acids is 2. The first-order valence-corrected chi connectivity index (χ1v) is 8.34. The van der Waals surface area contributed by atoms with Gasteiger partial charge in [-0.2, -0.15) is 0 Å². The number of benzene rings is 1. The van der Waals surface area contributed by atoms with E-state index in [0.717, 1.165) is 12.2 Å². The van der Waals surface area contributed by atoms with Gasteiger partial charge in [0.15, 0.2) is 0 Å². The summed E-state index contributed by atoms with van der Waals surface area (Å²) in [7, 11) is 1.55. The predicted octanol–water partition coefficient (Wildman–Crippen LogP) is 3.94. The second kappa shape index (κ2) is 7.55. The lowest BCUT2D eigenvalue weighted by Gasteiger charge is -2.29. The van der Waals surface area contributed by atoms with Crippen LogP contribution in [-0.4, -0.2) is 18.8 Å². The third kappa shape index (κ3) is 4.50. The summed E-state index contributed by atoms with van der Waals surface area (Å²) in [5.41, 5.74) is 0.0123. The van der Waals surface area contributed by atoms with Crippen molar-refractivity contribution < 1.29 is 18.7 Å². The summed E-state index contributed by atoms with van der Waals surface area (Å²) >= 11 is 0. The fourth-order valence-corrected chi connectivity index (χ4v) is 2.52. The zero-order valence-corrected chi connectivity index (χ0v) is 15.4. The van der Waals surface area contributed by atoms with Crippen LogP contribution >= 0.6 is 0 Å². The lowest BCUT2D eigenvalue weighted by molar-refractivity contribution is -0.118. The summed E-state index contributed by atoms with van der Waals surface area (Å²) in [4.78, 5) is 24.9. The maximum absolute atomic E-state index is 12.5. The van der Waals surface area contributed by atoms with Crippen LogP contribution in [0.1, 0.15) is 55.6 Å². The van der Waals surface area contributed by atoms with Crippen molar-refractivity contribution in [1.82, 2.24) is 5.32 Å². The van der Waals surface area contributed by atoms with Crippen LogP contribution in [-0.2, 0) is 11.2 Å². The molecule has 1 amide bonds. The topological polar surface area (TPSA) is 68.5 Å². The molecule has 0 aliphatic heterocycles. The molecular formula is C20H25NO4. The summed E-state index contributed by atoms with van der Waals surface area (Å²) in [6.45, 7) is 7.97. The Kier molecular flexibility index (Phi) is 5.67. The number of ketones is 1. The molecule has 0 bridgehead atoms. The third-order valence-electron chi connectivity index (χ3n) is 4.02. The van der Waals surface area contributed by atoms with Gasteiger partial charge in [0.25, 0.3) is 5.91 Å². The van der Waals surface area contributed by atoms with Crippen molar-refractivity contribution >= 4 is 11.7 Å². The van der Waals surface area contributed by atoms with Crippen LogP contribution in [0.4, 0.5) is 0 Å². The molecule has 0 aliphatic rings. The molecule has 0 aliphatic carbocycles. The minimum atomic E-state index is -0.653. The van der Waals surface area contributed by atoms with Gasteiger partial charge in [-0.15, -0.1) is 0 Å². The fraction of sp³-hybridized carbons (Fsp3) is 0.400. The quantitative estimate of drug-likeness (QED) is 0.637. The van der Waals surface area contributed by atoms with Gasteiger partial charge in [0.1, 0.15) is 17.3 Å². The number of methoxy groups -OCH3 is 1. The van der Waals surface area contributed by atoms with Gasteiger partial charge >= 0.3 is 0 Å². The molecule has 5 heteroatoms. The summed E-state index contributed by atoms with van der Waals surface area (Å²) in [5, 5.41) is 2.82. The van der Waals surface area contributed by atoms with Gasteiger partial charge in [0.2, 0.25) is 5.78 Å². The minimum Gasteiger partial charge on any atom is -0.497 e. The molecule has 1 heterocycles. The number of nitrogens with one attached hydrogen (secondary N) is 1. The molecule has 25 heavy (non-hydrogen) atoms. The van der Waals surface area contributed by atoms with Crippen molar-refractivity contribution in [2.75, 3.05) is 7.11 Å². The number of hydrogen-bond donors (Lipinski definition) is 1. The number of rotatable bonds is 6. The van der Waals surface area contributed by atoms with Gasteiger partial charge in [-0.25, -0.2) is 0 Å². The molecule has 5 nitrogen and oxygen atoms in total. The molecule has 1 aromatic heterocycles. The largest absolute Gasteiger partial charge is 0.497 e. The standard InChI is InChI=1S/C20H25NO4/c1-6-14-11-12-16(25-14)18(20(2,3)4)21-19(23)17(22)13-7-9-15(24-5)10-8-13/h7-12,18H,6H2,1-5H3,(H,21,23). The summed E-state index contributed by atoms with van der Waals surface area (Å²) in [5.74, 6) is 0.895. The van der Waals surface area contributed by atoms with Gasteiger partial charge in [0, 0.05) is 12.0 Å². The molecule has 1 aromatic carbocycles. The molecule has 0 saturated heterocycles. The highest BCUT2D eigenvalue weighted by molar-refractivity contribution is 6.42. The maximum atomic E-state index is 12.5. The molecule has 0 fully saturated rings.